The van der Waals surface area contributed by atoms with Gasteiger partial charge in [-0.15, -0.1) is 0 Å². The number of carbonyl (C=O) groups is 1. The molecule has 2 fully saturated rings. The summed E-state index contributed by atoms with van der Waals surface area (Å²) >= 11 is 0. The molecule has 1 unspecified atom stereocenters. The molecule has 3 aliphatic rings. The number of nitrogens with one attached hydrogen (secondary N) is 1. The molecular weight excluding hydrogens is 641 g/mol. The van der Waals surface area contributed by atoms with Crippen molar-refractivity contribution in [1.29, 1.82) is 0 Å². The molecule has 9 nitrogen and oxygen atoms in total. The second-order valence-electron chi connectivity index (χ2n) is 16.5. The van der Waals surface area contributed by atoms with E-state index in [4.69, 9.17) is 28.1 Å². The minimum absolute atomic E-state index is 0.0152. The van der Waals surface area contributed by atoms with E-state index in [1.165, 1.54) is 0 Å². The second kappa shape index (κ2) is 14.2. The molecule has 48 heavy (non-hydrogen) atoms. The zero-order chi connectivity index (χ0) is 35.0. The molecule has 2 aromatic carbocycles. The monoisotopic (exact) mass is 698 g/mol. The number of likely N-dealkylation sites (N-methyl/N-ethyl adjacent to an activating group) is 1. The highest BCUT2D eigenvalue weighted by Gasteiger charge is 2.64. The molecule has 2 aromatic rings. The highest BCUT2D eigenvalue weighted by molar-refractivity contribution is 6.76. The van der Waals surface area contributed by atoms with Crippen LogP contribution >= 0.6 is 0 Å². The quantitative estimate of drug-likeness (QED) is 0.127. The van der Waals surface area contributed by atoms with Crippen LogP contribution in [0.5, 0.6) is 11.5 Å². The van der Waals surface area contributed by atoms with Crippen LogP contribution in [0.1, 0.15) is 57.8 Å². The van der Waals surface area contributed by atoms with E-state index < -0.39 is 33.6 Å². The number of hydrogen-bond donors (Lipinski definition) is 1. The lowest BCUT2D eigenvalue weighted by atomic mass is 9.67. The van der Waals surface area contributed by atoms with Crippen LogP contribution in [0.2, 0.25) is 43.8 Å². The zero-order valence-electron chi connectivity index (χ0n) is 30.8. The molecule has 0 aromatic heterocycles. The molecule has 5 rings (SSSR count). The van der Waals surface area contributed by atoms with Crippen molar-refractivity contribution >= 4 is 22.3 Å². The maximum Gasteiger partial charge on any atom is 0.238 e. The van der Waals surface area contributed by atoms with Gasteiger partial charge in [0.1, 0.15) is 24.0 Å². The molecule has 0 spiro atoms. The number of fused-ring (bicyclic) bond motifs is 2. The first-order valence-electron chi connectivity index (χ1n) is 17.5. The lowest BCUT2D eigenvalue weighted by Gasteiger charge is -2.51. The summed E-state index contributed by atoms with van der Waals surface area (Å²) in [4.78, 5) is 17.7. The van der Waals surface area contributed by atoms with Crippen LogP contribution in [0.25, 0.3) is 0 Å². The molecule has 0 bridgehead atoms. The van der Waals surface area contributed by atoms with E-state index in [-0.39, 0.29) is 36.7 Å². The van der Waals surface area contributed by atoms with Crippen molar-refractivity contribution in [3.05, 3.63) is 59.7 Å². The standard InChI is InChI=1S/C37H58N2O7Si2/c1-35(2,3)48(9,10)45-24-29-33(27-14-12-11-13-15-27)46-36(4)18-19-37(34(40)39(29)36,28-16-17-30-31(22-28)43-26-42-30)32(23-38-5)44-25-41-20-21-47(6,7)8/h11-17,22,29,32-33,38H,18-21,23-26H2,1-10H3/t29-,32?,33-,36+,37-/m0/s1. The highest BCUT2D eigenvalue weighted by atomic mass is 28.4. The van der Waals surface area contributed by atoms with Gasteiger partial charge in [-0.2, -0.15) is 0 Å². The van der Waals surface area contributed by atoms with Gasteiger partial charge in [0.15, 0.2) is 19.8 Å². The summed E-state index contributed by atoms with van der Waals surface area (Å²) in [5, 5.41) is 3.34. The van der Waals surface area contributed by atoms with Gasteiger partial charge in [0.25, 0.3) is 0 Å². The molecule has 3 aliphatic heterocycles. The van der Waals surface area contributed by atoms with Crippen molar-refractivity contribution in [2.24, 2.45) is 0 Å². The fourth-order valence-corrected chi connectivity index (χ4v) is 8.63. The van der Waals surface area contributed by atoms with Crippen LogP contribution in [-0.4, -0.2) is 85.5 Å². The molecule has 1 amide bonds. The highest BCUT2D eigenvalue weighted by Crippen LogP contribution is 2.54. The normalized spacial score (nSPS) is 26.5. The van der Waals surface area contributed by atoms with Crippen molar-refractivity contribution in [3.8, 4) is 11.5 Å². The van der Waals surface area contributed by atoms with E-state index >= 15 is 4.79 Å². The van der Waals surface area contributed by atoms with Gasteiger partial charge in [0, 0.05) is 21.2 Å². The van der Waals surface area contributed by atoms with Gasteiger partial charge >= 0.3 is 0 Å². The number of benzene rings is 2. The van der Waals surface area contributed by atoms with Gasteiger partial charge in [0.2, 0.25) is 12.7 Å². The molecule has 3 heterocycles. The first-order valence-corrected chi connectivity index (χ1v) is 24.1. The van der Waals surface area contributed by atoms with Gasteiger partial charge < -0.3 is 38.3 Å². The van der Waals surface area contributed by atoms with Gasteiger partial charge in [0.05, 0.1) is 18.8 Å². The Morgan fingerprint density at radius 2 is 1.73 bits per heavy atom. The number of ether oxygens (including phenoxy) is 5. The predicted molar refractivity (Wildman–Crippen MR) is 194 cm³/mol. The fraction of sp³-hybridized carbons (Fsp3) is 0.649. The maximum absolute atomic E-state index is 15.7. The van der Waals surface area contributed by atoms with Crippen molar-refractivity contribution in [1.82, 2.24) is 10.2 Å². The van der Waals surface area contributed by atoms with Crippen molar-refractivity contribution in [2.45, 2.75) is 114 Å². The summed E-state index contributed by atoms with van der Waals surface area (Å²) in [5.41, 5.74) is 0.0119. The Balaban J connectivity index is 1.56. The summed E-state index contributed by atoms with van der Waals surface area (Å²) in [6.07, 6.45) is 0.278. The number of rotatable bonds is 14. The van der Waals surface area contributed by atoms with E-state index in [1.54, 1.807) is 0 Å². The zero-order valence-corrected chi connectivity index (χ0v) is 32.8. The Bertz CT molecular complexity index is 1410. The van der Waals surface area contributed by atoms with E-state index in [1.807, 2.05) is 48.3 Å². The first kappa shape index (κ1) is 37.0. The number of hydrogen-bond acceptors (Lipinski definition) is 8. The predicted octanol–water partition coefficient (Wildman–Crippen LogP) is 7.07. The number of carbonyl (C=O) groups excluding carboxylic acids is 1. The molecule has 0 saturated carbocycles. The number of nitrogens with zero attached hydrogens (tertiary/aromatic N) is 1. The minimum Gasteiger partial charge on any atom is -0.454 e. The third-order valence-electron chi connectivity index (χ3n) is 10.9. The van der Waals surface area contributed by atoms with Crippen LogP contribution < -0.4 is 14.8 Å². The van der Waals surface area contributed by atoms with Crippen molar-refractivity contribution < 1.29 is 32.9 Å². The fourth-order valence-electron chi connectivity index (χ4n) is 6.85. The molecule has 5 atom stereocenters. The van der Waals surface area contributed by atoms with Crippen LogP contribution in [0.3, 0.4) is 0 Å². The average Bonchev–Trinajstić information content (AvgIpc) is 3.61. The second-order valence-corrected chi connectivity index (χ2v) is 27.0. The Hall–Kier alpha value is -2.26. The molecular formula is C37H58N2O7Si2. The Morgan fingerprint density at radius 3 is 2.40 bits per heavy atom. The minimum atomic E-state index is -2.16. The van der Waals surface area contributed by atoms with Crippen LogP contribution in [0, 0.1) is 0 Å². The van der Waals surface area contributed by atoms with Gasteiger partial charge in [-0.1, -0.05) is 76.8 Å². The topological polar surface area (TPSA) is 87.7 Å². The Labute approximate surface area is 290 Å². The average molecular weight is 699 g/mol. The maximum atomic E-state index is 15.7. The van der Waals surface area contributed by atoms with E-state index in [2.05, 4.69) is 77.9 Å². The molecule has 0 aliphatic carbocycles. The number of amides is 1. The Kier molecular flexibility index (Phi) is 10.9. The van der Waals surface area contributed by atoms with Gasteiger partial charge in [-0.25, -0.2) is 0 Å². The van der Waals surface area contributed by atoms with Crippen LogP contribution in [0.4, 0.5) is 0 Å². The van der Waals surface area contributed by atoms with Crippen LogP contribution in [-0.2, 0) is 28.8 Å². The van der Waals surface area contributed by atoms with Gasteiger partial charge in [-0.3, -0.25) is 4.79 Å². The third kappa shape index (κ3) is 7.43. The Morgan fingerprint density at radius 1 is 1.02 bits per heavy atom. The van der Waals surface area contributed by atoms with Crippen molar-refractivity contribution in [3.63, 3.8) is 0 Å². The lowest BCUT2D eigenvalue weighted by molar-refractivity contribution is -0.185. The van der Waals surface area contributed by atoms with Crippen molar-refractivity contribution in [2.75, 3.05) is 40.4 Å². The summed E-state index contributed by atoms with van der Waals surface area (Å²) in [5.74, 6) is 1.29. The largest absolute Gasteiger partial charge is 0.454 e. The number of piperidine rings is 1. The lowest BCUT2D eigenvalue weighted by Crippen LogP contribution is -2.66. The molecule has 11 heteroatoms. The molecule has 2 saturated heterocycles. The van der Waals surface area contributed by atoms with E-state index in [0.29, 0.717) is 44.1 Å². The third-order valence-corrected chi connectivity index (χ3v) is 17.1. The van der Waals surface area contributed by atoms with Crippen LogP contribution in [0.15, 0.2) is 48.5 Å². The van der Waals surface area contributed by atoms with Gasteiger partial charge in [-0.05, 0) is 74.2 Å². The summed E-state index contributed by atoms with van der Waals surface area (Å²) in [7, 11) is -1.54. The summed E-state index contributed by atoms with van der Waals surface area (Å²) < 4.78 is 38.1. The molecule has 1 N–H and O–H groups in total. The summed E-state index contributed by atoms with van der Waals surface area (Å²) in [6.45, 7) is 22.0. The first-order chi connectivity index (χ1) is 22.5. The SMILES string of the molecule is CNCC(OCOCC[Si](C)(C)C)[C@@]1(c2ccc3c(c2)OCO3)CC[C@@]2(C)O[C@@H](c3ccccc3)[C@H](CO[Si](C)(C)C(C)(C)C)N2C1=O. The summed E-state index contributed by atoms with van der Waals surface area (Å²) in [6, 6.07) is 16.8. The van der Waals surface area contributed by atoms with E-state index in [0.717, 1.165) is 17.2 Å². The molecule has 266 valence electrons. The smallest absolute Gasteiger partial charge is 0.238 e. The van der Waals surface area contributed by atoms with E-state index in [9.17, 15) is 0 Å². The molecule has 0 radical (unpaired) electrons.